The van der Waals surface area contributed by atoms with Crippen LogP contribution in [0.3, 0.4) is 0 Å². The molecule has 19 heavy (non-hydrogen) atoms. The largest absolute Gasteiger partial charge is 0.467 e. The van der Waals surface area contributed by atoms with Gasteiger partial charge in [0.25, 0.3) is 0 Å². The van der Waals surface area contributed by atoms with Crippen LogP contribution in [-0.2, 0) is 9.53 Å². The maximum atomic E-state index is 12.0. The second kappa shape index (κ2) is 6.38. The summed E-state index contributed by atoms with van der Waals surface area (Å²) in [6.45, 7) is 0. The van der Waals surface area contributed by atoms with Gasteiger partial charge in [0.05, 0.1) is 7.11 Å². The van der Waals surface area contributed by atoms with E-state index in [9.17, 15) is 4.79 Å². The third-order valence-electron chi connectivity index (χ3n) is 2.74. The van der Waals surface area contributed by atoms with Crippen LogP contribution in [0.25, 0.3) is 0 Å². The molecule has 0 saturated carbocycles. The van der Waals surface area contributed by atoms with Gasteiger partial charge in [-0.3, -0.25) is 0 Å². The topological polar surface area (TPSA) is 38.3 Å². The van der Waals surface area contributed by atoms with E-state index in [4.69, 9.17) is 4.74 Å². The van der Waals surface area contributed by atoms with E-state index in [1.54, 1.807) is 0 Å². The van der Waals surface area contributed by atoms with Crippen LogP contribution in [0.2, 0.25) is 0 Å². The lowest BCUT2D eigenvalue weighted by molar-refractivity contribution is -0.141. The van der Waals surface area contributed by atoms with Gasteiger partial charge in [-0.05, 0) is 23.8 Å². The molecular formula is C15H14BrNO2. The summed E-state index contributed by atoms with van der Waals surface area (Å²) >= 11 is 3.46. The van der Waals surface area contributed by atoms with Crippen molar-refractivity contribution >= 4 is 27.6 Å². The SMILES string of the molecule is COC(=O)C(Nc1ccccc1)c1ccccc1Br. The predicted octanol–water partition coefficient (Wildman–Crippen LogP) is 3.78. The Hall–Kier alpha value is -1.81. The Morgan fingerprint density at radius 3 is 2.37 bits per heavy atom. The molecule has 2 rings (SSSR count). The number of carbonyl (C=O) groups is 1. The van der Waals surface area contributed by atoms with E-state index in [1.807, 2.05) is 54.6 Å². The lowest BCUT2D eigenvalue weighted by Crippen LogP contribution is -2.22. The number of benzene rings is 2. The van der Waals surface area contributed by atoms with Crippen molar-refractivity contribution in [2.24, 2.45) is 0 Å². The zero-order chi connectivity index (χ0) is 13.7. The van der Waals surface area contributed by atoms with E-state index in [1.165, 1.54) is 7.11 Å². The molecular weight excluding hydrogens is 306 g/mol. The van der Waals surface area contributed by atoms with Crippen LogP contribution in [0.4, 0.5) is 5.69 Å². The quantitative estimate of drug-likeness (QED) is 0.872. The average molecular weight is 320 g/mol. The molecule has 98 valence electrons. The molecule has 0 aliphatic rings. The molecule has 0 aromatic heterocycles. The number of rotatable bonds is 4. The van der Waals surface area contributed by atoms with Crippen LogP contribution in [0.1, 0.15) is 11.6 Å². The molecule has 2 aromatic carbocycles. The normalized spacial score (nSPS) is 11.7. The lowest BCUT2D eigenvalue weighted by Gasteiger charge is -2.19. The Bertz CT molecular complexity index is 557. The van der Waals surface area contributed by atoms with Gasteiger partial charge in [0.1, 0.15) is 0 Å². The van der Waals surface area contributed by atoms with Crippen molar-refractivity contribution in [1.29, 1.82) is 0 Å². The summed E-state index contributed by atoms with van der Waals surface area (Å²) < 4.78 is 5.74. The van der Waals surface area contributed by atoms with Gasteiger partial charge >= 0.3 is 5.97 Å². The molecule has 1 unspecified atom stereocenters. The number of nitrogens with one attached hydrogen (secondary N) is 1. The fourth-order valence-corrected chi connectivity index (χ4v) is 2.31. The molecule has 0 radical (unpaired) electrons. The number of halogens is 1. The number of methoxy groups -OCH3 is 1. The van der Waals surface area contributed by atoms with E-state index in [-0.39, 0.29) is 5.97 Å². The minimum Gasteiger partial charge on any atom is -0.467 e. The van der Waals surface area contributed by atoms with Crippen LogP contribution >= 0.6 is 15.9 Å². The first-order chi connectivity index (χ1) is 9.22. The lowest BCUT2D eigenvalue weighted by atomic mass is 10.1. The molecule has 0 spiro atoms. The molecule has 0 amide bonds. The van der Waals surface area contributed by atoms with Crippen LogP contribution in [-0.4, -0.2) is 13.1 Å². The van der Waals surface area contributed by atoms with Crippen molar-refractivity contribution in [3.8, 4) is 0 Å². The van der Waals surface area contributed by atoms with Gasteiger partial charge in [0.15, 0.2) is 6.04 Å². The second-order valence-electron chi connectivity index (χ2n) is 3.99. The summed E-state index contributed by atoms with van der Waals surface area (Å²) in [6, 6.07) is 16.6. The Kier molecular flexibility index (Phi) is 4.58. The van der Waals surface area contributed by atoms with Crippen LogP contribution in [0, 0.1) is 0 Å². The van der Waals surface area contributed by atoms with Crippen LogP contribution in [0.15, 0.2) is 59.1 Å². The average Bonchev–Trinajstić information content (AvgIpc) is 2.46. The Labute approximate surface area is 120 Å². The first kappa shape index (κ1) is 13.6. The van der Waals surface area contributed by atoms with Gasteiger partial charge in [-0.2, -0.15) is 0 Å². The van der Waals surface area contributed by atoms with E-state index >= 15 is 0 Å². The first-order valence-corrected chi connectivity index (χ1v) is 6.65. The molecule has 0 bridgehead atoms. The molecule has 3 nitrogen and oxygen atoms in total. The number of para-hydroxylation sites is 1. The maximum Gasteiger partial charge on any atom is 0.333 e. The minimum atomic E-state index is -0.539. The van der Waals surface area contributed by atoms with Gasteiger partial charge in [0, 0.05) is 10.2 Å². The van der Waals surface area contributed by atoms with Crippen molar-refractivity contribution in [3.05, 3.63) is 64.6 Å². The number of hydrogen-bond donors (Lipinski definition) is 1. The van der Waals surface area contributed by atoms with Crippen molar-refractivity contribution in [2.75, 3.05) is 12.4 Å². The van der Waals surface area contributed by atoms with Crippen LogP contribution in [0.5, 0.6) is 0 Å². The monoisotopic (exact) mass is 319 g/mol. The highest BCUT2D eigenvalue weighted by Crippen LogP contribution is 2.27. The molecule has 0 saturated heterocycles. The van der Waals surface area contributed by atoms with Gasteiger partial charge in [-0.15, -0.1) is 0 Å². The minimum absolute atomic E-state index is 0.323. The molecule has 1 atom stereocenters. The van der Waals surface area contributed by atoms with Crippen LogP contribution < -0.4 is 5.32 Å². The van der Waals surface area contributed by atoms with Gasteiger partial charge in [-0.1, -0.05) is 52.3 Å². The summed E-state index contributed by atoms with van der Waals surface area (Å²) in [5.41, 5.74) is 1.71. The predicted molar refractivity (Wildman–Crippen MR) is 79.0 cm³/mol. The number of anilines is 1. The van der Waals surface area contributed by atoms with Crippen molar-refractivity contribution in [1.82, 2.24) is 0 Å². The Morgan fingerprint density at radius 1 is 1.11 bits per heavy atom. The van der Waals surface area contributed by atoms with Crippen molar-refractivity contribution in [2.45, 2.75) is 6.04 Å². The number of hydrogen-bond acceptors (Lipinski definition) is 3. The number of ether oxygens (including phenoxy) is 1. The molecule has 4 heteroatoms. The first-order valence-electron chi connectivity index (χ1n) is 5.86. The van der Waals surface area contributed by atoms with Crippen molar-refractivity contribution < 1.29 is 9.53 Å². The third kappa shape index (κ3) is 3.35. The molecule has 1 N–H and O–H groups in total. The fraction of sp³-hybridized carbons (Fsp3) is 0.133. The van der Waals surface area contributed by atoms with Gasteiger partial charge in [-0.25, -0.2) is 4.79 Å². The van der Waals surface area contributed by atoms with E-state index in [2.05, 4.69) is 21.2 Å². The van der Waals surface area contributed by atoms with E-state index in [0.717, 1.165) is 15.7 Å². The Morgan fingerprint density at radius 2 is 1.74 bits per heavy atom. The summed E-state index contributed by atoms with van der Waals surface area (Å²) in [7, 11) is 1.39. The zero-order valence-electron chi connectivity index (χ0n) is 10.5. The fourth-order valence-electron chi connectivity index (χ4n) is 1.79. The summed E-state index contributed by atoms with van der Waals surface area (Å²) in [4.78, 5) is 12.0. The van der Waals surface area contributed by atoms with Gasteiger partial charge in [0.2, 0.25) is 0 Å². The zero-order valence-corrected chi connectivity index (χ0v) is 12.1. The highest BCUT2D eigenvalue weighted by atomic mass is 79.9. The maximum absolute atomic E-state index is 12.0. The van der Waals surface area contributed by atoms with Gasteiger partial charge < -0.3 is 10.1 Å². The molecule has 0 heterocycles. The molecule has 0 fully saturated rings. The molecule has 2 aromatic rings. The Balaban J connectivity index is 2.32. The van der Waals surface area contributed by atoms with E-state index < -0.39 is 6.04 Å². The third-order valence-corrected chi connectivity index (χ3v) is 3.46. The number of carbonyl (C=O) groups excluding carboxylic acids is 1. The highest BCUT2D eigenvalue weighted by Gasteiger charge is 2.23. The summed E-state index contributed by atoms with van der Waals surface area (Å²) in [5, 5.41) is 3.18. The number of esters is 1. The summed E-state index contributed by atoms with van der Waals surface area (Å²) in [6.07, 6.45) is 0. The molecule has 0 aliphatic heterocycles. The molecule has 0 aliphatic carbocycles. The van der Waals surface area contributed by atoms with E-state index in [0.29, 0.717) is 0 Å². The summed E-state index contributed by atoms with van der Waals surface area (Å²) in [5.74, 6) is -0.323. The second-order valence-corrected chi connectivity index (χ2v) is 4.84. The standard InChI is InChI=1S/C15H14BrNO2/c1-19-15(18)14(12-9-5-6-10-13(12)16)17-11-7-3-2-4-8-11/h2-10,14,17H,1H3. The van der Waals surface area contributed by atoms with Crippen molar-refractivity contribution in [3.63, 3.8) is 0 Å². The highest BCUT2D eigenvalue weighted by molar-refractivity contribution is 9.10. The smallest absolute Gasteiger partial charge is 0.333 e.